The van der Waals surface area contributed by atoms with Gasteiger partial charge in [-0.15, -0.1) is 0 Å². The van der Waals surface area contributed by atoms with Gasteiger partial charge < -0.3 is 15.5 Å². The van der Waals surface area contributed by atoms with Gasteiger partial charge in [0.1, 0.15) is 6.61 Å². The van der Waals surface area contributed by atoms with E-state index in [4.69, 9.17) is 10.6 Å². The zero-order chi connectivity index (χ0) is 10.4. The fourth-order valence-electron chi connectivity index (χ4n) is 0.829. The lowest BCUT2D eigenvalue weighted by Crippen LogP contribution is -2.30. The third kappa shape index (κ3) is 3.35. The zero-order valence-electron chi connectivity index (χ0n) is 8.47. The summed E-state index contributed by atoms with van der Waals surface area (Å²) in [6.07, 6.45) is 0. The molecule has 1 rings (SSSR count). The quantitative estimate of drug-likeness (QED) is 0.442. The van der Waals surface area contributed by atoms with E-state index in [1.807, 2.05) is 44.4 Å². The highest BCUT2D eigenvalue weighted by Crippen LogP contribution is 2.00. The van der Waals surface area contributed by atoms with E-state index >= 15 is 0 Å². The van der Waals surface area contributed by atoms with Gasteiger partial charge in [-0.05, 0) is 10.7 Å². The van der Waals surface area contributed by atoms with Crippen LogP contribution in [0.3, 0.4) is 0 Å². The second kappa shape index (κ2) is 5.11. The number of guanidine groups is 1. The number of rotatable bonds is 3. The Morgan fingerprint density at radius 2 is 2.00 bits per heavy atom. The van der Waals surface area contributed by atoms with Crippen molar-refractivity contribution < 1.29 is 4.84 Å². The van der Waals surface area contributed by atoms with Gasteiger partial charge in [0.05, 0.1) is 0 Å². The highest BCUT2D eigenvalue weighted by atomic mass is 16.6. The van der Waals surface area contributed by atoms with Crippen molar-refractivity contribution in [2.45, 2.75) is 6.61 Å². The van der Waals surface area contributed by atoms with Crippen molar-refractivity contribution >= 4 is 5.96 Å². The molecule has 0 fully saturated rings. The summed E-state index contributed by atoms with van der Waals surface area (Å²) < 4.78 is 0. The minimum Gasteiger partial charge on any atom is -0.388 e. The third-order valence-electron chi connectivity index (χ3n) is 1.69. The lowest BCUT2D eigenvalue weighted by molar-refractivity contribution is 0.126. The fourth-order valence-corrected chi connectivity index (χ4v) is 0.829. The lowest BCUT2D eigenvalue weighted by Gasteiger charge is -2.09. The summed E-state index contributed by atoms with van der Waals surface area (Å²) >= 11 is 0. The highest BCUT2D eigenvalue weighted by Gasteiger charge is 1.94. The summed E-state index contributed by atoms with van der Waals surface area (Å²) in [5.41, 5.74) is 6.60. The minimum atomic E-state index is 0.362. The maximum Gasteiger partial charge on any atom is 0.232 e. The van der Waals surface area contributed by atoms with Crippen LogP contribution in [-0.4, -0.2) is 25.0 Å². The summed E-state index contributed by atoms with van der Waals surface area (Å²) in [5, 5.41) is 3.74. The van der Waals surface area contributed by atoms with Crippen LogP contribution in [0, 0.1) is 0 Å². The van der Waals surface area contributed by atoms with E-state index in [0.29, 0.717) is 12.6 Å². The summed E-state index contributed by atoms with van der Waals surface area (Å²) in [6.45, 7) is 0.440. The largest absolute Gasteiger partial charge is 0.388 e. The molecule has 0 aliphatic carbocycles. The number of nitrogens with two attached hydrogens (primary N) is 1. The molecule has 0 atom stereocenters. The van der Waals surface area contributed by atoms with Crippen molar-refractivity contribution in [1.82, 2.24) is 4.90 Å². The van der Waals surface area contributed by atoms with Crippen molar-refractivity contribution in [3.05, 3.63) is 35.9 Å². The van der Waals surface area contributed by atoms with Crippen molar-refractivity contribution in [2.24, 2.45) is 10.9 Å². The van der Waals surface area contributed by atoms with Gasteiger partial charge in [-0.3, -0.25) is 0 Å². The predicted molar refractivity (Wildman–Crippen MR) is 56.5 cm³/mol. The van der Waals surface area contributed by atoms with Gasteiger partial charge in [0.2, 0.25) is 5.96 Å². The van der Waals surface area contributed by atoms with Crippen LogP contribution in [0.5, 0.6) is 0 Å². The minimum absolute atomic E-state index is 0.362. The van der Waals surface area contributed by atoms with Crippen LogP contribution >= 0.6 is 0 Å². The first-order valence-electron chi connectivity index (χ1n) is 4.37. The van der Waals surface area contributed by atoms with Gasteiger partial charge in [0.25, 0.3) is 0 Å². The molecule has 0 bridgehead atoms. The fraction of sp³-hybridized carbons (Fsp3) is 0.300. The van der Waals surface area contributed by atoms with E-state index in [-0.39, 0.29) is 0 Å². The Bertz CT molecular complexity index is 295. The summed E-state index contributed by atoms with van der Waals surface area (Å²) in [6, 6.07) is 9.82. The standard InChI is InChI=1S/C10H15N3O/c1-13(2)10(11)12-14-8-9-6-4-3-5-7-9/h3-7H,8H2,1-2H3,(H2,11,12). The van der Waals surface area contributed by atoms with Crippen LogP contribution in [0.2, 0.25) is 0 Å². The van der Waals surface area contributed by atoms with Crippen LogP contribution in [0.25, 0.3) is 0 Å². The molecule has 0 saturated carbocycles. The second-order valence-electron chi connectivity index (χ2n) is 3.10. The SMILES string of the molecule is CN(C)C(N)=NOCc1ccccc1. The normalized spacial score (nSPS) is 11.1. The molecule has 76 valence electrons. The Morgan fingerprint density at radius 3 is 2.57 bits per heavy atom. The molecule has 1 aromatic carbocycles. The Kier molecular flexibility index (Phi) is 3.79. The monoisotopic (exact) mass is 193 g/mol. The summed E-state index contributed by atoms with van der Waals surface area (Å²) in [4.78, 5) is 6.75. The Hall–Kier alpha value is -1.71. The van der Waals surface area contributed by atoms with E-state index in [9.17, 15) is 0 Å². The molecular formula is C10H15N3O. The first-order chi connectivity index (χ1) is 6.70. The Balaban J connectivity index is 2.39. The maximum absolute atomic E-state index is 5.53. The van der Waals surface area contributed by atoms with Gasteiger partial charge in [0.15, 0.2) is 0 Å². The molecule has 2 N–H and O–H groups in total. The van der Waals surface area contributed by atoms with Crippen molar-refractivity contribution in [2.75, 3.05) is 14.1 Å². The molecule has 0 radical (unpaired) electrons. The average molecular weight is 193 g/mol. The third-order valence-corrected chi connectivity index (χ3v) is 1.69. The molecule has 1 aromatic rings. The Morgan fingerprint density at radius 1 is 1.36 bits per heavy atom. The number of oxime groups is 1. The summed E-state index contributed by atoms with van der Waals surface area (Å²) in [5.74, 6) is 0.362. The molecule has 14 heavy (non-hydrogen) atoms. The molecule has 4 heteroatoms. The van der Waals surface area contributed by atoms with E-state index < -0.39 is 0 Å². The topological polar surface area (TPSA) is 50.8 Å². The van der Waals surface area contributed by atoms with Gasteiger partial charge in [-0.2, -0.15) is 0 Å². The van der Waals surface area contributed by atoms with Gasteiger partial charge in [-0.1, -0.05) is 30.3 Å². The molecule has 0 heterocycles. The number of hydrogen-bond acceptors (Lipinski definition) is 2. The second-order valence-corrected chi connectivity index (χ2v) is 3.10. The number of benzene rings is 1. The van der Waals surface area contributed by atoms with Crippen LogP contribution in [0.15, 0.2) is 35.5 Å². The predicted octanol–water partition coefficient (Wildman–Crippen LogP) is 0.994. The first-order valence-corrected chi connectivity index (χ1v) is 4.37. The first kappa shape index (κ1) is 10.4. The van der Waals surface area contributed by atoms with Crippen molar-refractivity contribution in [1.29, 1.82) is 0 Å². The van der Waals surface area contributed by atoms with Gasteiger partial charge in [-0.25, -0.2) is 0 Å². The van der Waals surface area contributed by atoms with Crippen LogP contribution in [-0.2, 0) is 11.4 Å². The zero-order valence-corrected chi connectivity index (χ0v) is 8.47. The van der Waals surface area contributed by atoms with Crippen molar-refractivity contribution in [3.63, 3.8) is 0 Å². The average Bonchev–Trinajstić information content (AvgIpc) is 2.19. The van der Waals surface area contributed by atoms with Gasteiger partial charge in [0, 0.05) is 14.1 Å². The molecular weight excluding hydrogens is 178 g/mol. The number of hydrogen-bond donors (Lipinski definition) is 1. The molecule has 4 nitrogen and oxygen atoms in total. The molecule has 0 spiro atoms. The van der Waals surface area contributed by atoms with E-state index in [2.05, 4.69) is 5.16 Å². The van der Waals surface area contributed by atoms with E-state index in [1.54, 1.807) is 4.90 Å². The number of nitrogens with zero attached hydrogens (tertiary/aromatic N) is 2. The Labute approximate surface area is 84.0 Å². The molecule has 0 aliphatic heterocycles. The van der Waals surface area contributed by atoms with E-state index in [0.717, 1.165) is 5.56 Å². The van der Waals surface area contributed by atoms with Gasteiger partial charge >= 0.3 is 0 Å². The molecule has 0 aliphatic rings. The van der Waals surface area contributed by atoms with Crippen LogP contribution in [0.1, 0.15) is 5.56 Å². The molecule has 0 saturated heterocycles. The molecule has 0 unspecified atom stereocenters. The summed E-state index contributed by atoms with van der Waals surface area (Å²) in [7, 11) is 3.62. The molecule has 0 aromatic heterocycles. The van der Waals surface area contributed by atoms with E-state index in [1.165, 1.54) is 0 Å². The highest BCUT2D eigenvalue weighted by molar-refractivity contribution is 5.76. The van der Waals surface area contributed by atoms with Crippen LogP contribution in [0.4, 0.5) is 0 Å². The molecule has 0 amide bonds. The van der Waals surface area contributed by atoms with Crippen LogP contribution < -0.4 is 5.73 Å². The van der Waals surface area contributed by atoms with Crippen molar-refractivity contribution in [3.8, 4) is 0 Å². The smallest absolute Gasteiger partial charge is 0.232 e. The maximum atomic E-state index is 5.53. The lowest BCUT2D eigenvalue weighted by atomic mass is 10.2.